The van der Waals surface area contributed by atoms with Crippen molar-refractivity contribution in [1.29, 1.82) is 0 Å². The van der Waals surface area contributed by atoms with Crippen molar-refractivity contribution in [2.45, 2.75) is 38.9 Å². The van der Waals surface area contributed by atoms with Crippen LogP contribution in [0.2, 0.25) is 0 Å². The summed E-state index contributed by atoms with van der Waals surface area (Å²) in [5.41, 5.74) is 0.933. The molecule has 1 aliphatic rings. The van der Waals surface area contributed by atoms with E-state index in [1.165, 1.54) is 12.1 Å². The van der Waals surface area contributed by atoms with Crippen molar-refractivity contribution < 1.29 is 14.2 Å². The Morgan fingerprint density at radius 3 is 2.94 bits per heavy atom. The zero-order valence-electron chi connectivity index (χ0n) is 9.61. The van der Waals surface area contributed by atoms with Crippen molar-refractivity contribution in [3.63, 3.8) is 0 Å². The van der Waals surface area contributed by atoms with Crippen molar-refractivity contribution in [2.24, 2.45) is 5.92 Å². The van der Waals surface area contributed by atoms with E-state index in [2.05, 4.69) is 0 Å². The minimum atomic E-state index is -0.330. The van der Waals surface area contributed by atoms with Crippen LogP contribution in [0.3, 0.4) is 0 Å². The Hall–Kier alpha value is -1.09. The Balaban J connectivity index is 2.00. The summed E-state index contributed by atoms with van der Waals surface area (Å²) >= 11 is 0. The highest BCUT2D eigenvalue weighted by Gasteiger charge is 2.26. The summed E-state index contributed by atoms with van der Waals surface area (Å²) in [6.07, 6.45) is 1.28. The number of halogens is 1. The first kappa shape index (κ1) is 11.4. The molecule has 1 heterocycles. The first-order valence-electron chi connectivity index (χ1n) is 5.69. The number of hydrogen-bond donors (Lipinski definition) is 1. The number of rotatable bonds is 3. The molecule has 0 amide bonds. The molecule has 1 aromatic carbocycles. The lowest BCUT2D eigenvalue weighted by Gasteiger charge is -2.18. The minimum absolute atomic E-state index is 0.0707. The highest BCUT2D eigenvalue weighted by molar-refractivity contribution is 5.37. The van der Waals surface area contributed by atoms with Crippen molar-refractivity contribution in [1.82, 2.24) is 0 Å². The van der Waals surface area contributed by atoms with E-state index in [1.807, 2.05) is 6.92 Å². The van der Waals surface area contributed by atoms with Crippen LogP contribution in [0.15, 0.2) is 18.2 Å². The third-order valence-electron chi connectivity index (χ3n) is 3.22. The second-order valence-electron chi connectivity index (χ2n) is 4.65. The van der Waals surface area contributed by atoms with Crippen LogP contribution in [-0.4, -0.2) is 17.3 Å². The van der Waals surface area contributed by atoms with Gasteiger partial charge in [0, 0.05) is 12.0 Å². The van der Waals surface area contributed by atoms with Gasteiger partial charge in [0.1, 0.15) is 17.7 Å². The van der Waals surface area contributed by atoms with Crippen LogP contribution < -0.4 is 4.74 Å². The van der Waals surface area contributed by atoms with E-state index in [0.717, 1.165) is 24.2 Å². The van der Waals surface area contributed by atoms with Gasteiger partial charge in [-0.3, -0.25) is 0 Å². The molecule has 0 bridgehead atoms. The van der Waals surface area contributed by atoms with Crippen LogP contribution in [0.1, 0.15) is 25.8 Å². The fourth-order valence-electron chi connectivity index (χ4n) is 2.03. The van der Waals surface area contributed by atoms with Gasteiger partial charge in [-0.2, -0.15) is 0 Å². The molecule has 0 saturated carbocycles. The third kappa shape index (κ3) is 2.35. The maximum Gasteiger partial charge on any atom is 0.123 e. The number of fused-ring (bicyclic) bond motifs is 1. The zero-order valence-corrected chi connectivity index (χ0v) is 9.61. The van der Waals surface area contributed by atoms with Crippen LogP contribution in [-0.2, 0) is 6.42 Å². The molecule has 0 spiro atoms. The Morgan fingerprint density at radius 1 is 1.50 bits per heavy atom. The van der Waals surface area contributed by atoms with Crippen LogP contribution in [0.25, 0.3) is 0 Å². The summed E-state index contributed by atoms with van der Waals surface area (Å²) in [5, 5.41) is 9.43. The van der Waals surface area contributed by atoms with Crippen molar-refractivity contribution in [3.05, 3.63) is 29.6 Å². The average Bonchev–Trinajstić information content (AvgIpc) is 2.58. The number of aliphatic hydroxyl groups excluding tert-OH is 1. The summed E-state index contributed by atoms with van der Waals surface area (Å²) in [5.74, 6) is 0.764. The topological polar surface area (TPSA) is 29.5 Å². The lowest BCUT2D eigenvalue weighted by Crippen LogP contribution is -2.23. The van der Waals surface area contributed by atoms with Gasteiger partial charge in [0.2, 0.25) is 0 Å². The number of ether oxygens (including phenoxy) is 1. The van der Waals surface area contributed by atoms with Gasteiger partial charge in [-0.15, -0.1) is 0 Å². The molecule has 0 fully saturated rings. The molecule has 3 unspecified atom stereocenters. The molecule has 1 aliphatic heterocycles. The molecule has 1 N–H and O–H groups in total. The maximum atomic E-state index is 13.0. The lowest BCUT2D eigenvalue weighted by molar-refractivity contribution is 0.0980. The van der Waals surface area contributed by atoms with Gasteiger partial charge in [0.15, 0.2) is 0 Å². The van der Waals surface area contributed by atoms with Gasteiger partial charge in [-0.05, 0) is 37.5 Å². The predicted molar refractivity (Wildman–Crippen MR) is 60.0 cm³/mol. The van der Waals surface area contributed by atoms with Crippen molar-refractivity contribution >= 4 is 0 Å². The van der Waals surface area contributed by atoms with Gasteiger partial charge in [-0.1, -0.05) is 6.92 Å². The predicted octanol–water partition coefficient (Wildman–Crippen LogP) is 2.54. The quantitative estimate of drug-likeness (QED) is 0.855. The van der Waals surface area contributed by atoms with E-state index in [-0.39, 0.29) is 23.9 Å². The molecule has 16 heavy (non-hydrogen) atoms. The molecule has 2 rings (SSSR count). The molecule has 88 valence electrons. The first-order chi connectivity index (χ1) is 7.56. The average molecular weight is 224 g/mol. The summed E-state index contributed by atoms with van der Waals surface area (Å²) in [4.78, 5) is 0. The standard InChI is InChI=1S/C13H17FO2/c1-8(9(2)15)5-12-7-10-6-11(14)3-4-13(10)16-12/h3-4,6,8-9,12,15H,5,7H2,1-2H3. The molecule has 3 heteroatoms. The Labute approximate surface area is 95.1 Å². The highest BCUT2D eigenvalue weighted by atomic mass is 19.1. The fourth-order valence-corrected chi connectivity index (χ4v) is 2.03. The normalized spacial score (nSPS) is 22.4. The molecule has 2 nitrogen and oxygen atoms in total. The molecular formula is C13H17FO2. The largest absolute Gasteiger partial charge is 0.490 e. The van der Waals surface area contributed by atoms with E-state index in [4.69, 9.17) is 4.74 Å². The summed E-state index contributed by atoms with van der Waals surface area (Å²) in [6, 6.07) is 4.62. The zero-order chi connectivity index (χ0) is 11.7. The van der Waals surface area contributed by atoms with E-state index in [0.29, 0.717) is 0 Å². The molecule has 3 atom stereocenters. The summed E-state index contributed by atoms with van der Waals surface area (Å²) in [6.45, 7) is 3.78. The van der Waals surface area contributed by atoms with Gasteiger partial charge in [0.05, 0.1) is 6.10 Å². The fraction of sp³-hybridized carbons (Fsp3) is 0.538. The van der Waals surface area contributed by atoms with Crippen molar-refractivity contribution in [3.8, 4) is 5.75 Å². The minimum Gasteiger partial charge on any atom is -0.490 e. The smallest absolute Gasteiger partial charge is 0.123 e. The molecule has 0 aliphatic carbocycles. The SMILES string of the molecule is CC(O)C(C)CC1Cc2cc(F)ccc2O1. The molecule has 1 aromatic rings. The van der Waals surface area contributed by atoms with Gasteiger partial charge >= 0.3 is 0 Å². The highest BCUT2D eigenvalue weighted by Crippen LogP contribution is 2.32. The lowest BCUT2D eigenvalue weighted by atomic mass is 9.96. The van der Waals surface area contributed by atoms with E-state index < -0.39 is 0 Å². The summed E-state index contributed by atoms with van der Waals surface area (Å²) < 4.78 is 18.7. The first-order valence-corrected chi connectivity index (χ1v) is 5.69. The molecular weight excluding hydrogens is 207 g/mol. The third-order valence-corrected chi connectivity index (χ3v) is 3.22. The molecule has 0 saturated heterocycles. The molecule has 0 radical (unpaired) electrons. The van der Waals surface area contributed by atoms with Crippen LogP contribution in [0.5, 0.6) is 5.75 Å². The number of aliphatic hydroxyl groups is 1. The van der Waals surface area contributed by atoms with E-state index in [9.17, 15) is 9.50 Å². The second kappa shape index (κ2) is 4.42. The van der Waals surface area contributed by atoms with Crippen LogP contribution >= 0.6 is 0 Å². The van der Waals surface area contributed by atoms with Crippen molar-refractivity contribution in [2.75, 3.05) is 0 Å². The van der Waals surface area contributed by atoms with Gasteiger partial charge in [0.25, 0.3) is 0 Å². The van der Waals surface area contributed by atoms with Gasteiger partial charge < -0.3 is 9.84 Å². The van der Waals surface area contributed by atoms with Gasteiger partial charge in [-0.25, -0.2) is 4.39 Å². The summed E-state index contributed by atoms with van der Waals surface area (Å²) in [7, 11) is 0. The monoisotopic (exact) mass is 224 g/mol. The maximum absolute atomic E-state index is 13.0. The Bertz CT molecular complexity index is 376. The Kier molecular flexibility index (Phi) is 3.15. The molecule has 0 aromatic heterocycles. The number of hydrogen-bond acceptors (Lipinski definition) is 2. The second-order valence-corrected chi connectivity index (χ2v) is 4.65. The van der Waals surface area contributed by atoms with E-state index in [1.54, 1.807) is 13.0 Å². The van der Waals surface area contributed by atoms with Crippen LogP contribution in [0.4, 0.5) is 4.39 Å². The Morgan fingerprint density at radius 2 is 2.25 bits per heavy atom. The van der Waals surface area contributed by atoms with E-state index >= 15 is 0 Å². The number of benzene rings is 1. The van der Waals surface area contributed by atoms with Crippen LogP contribution in [0, 0.1) is 11.7 Å².